The zero-order valence-corrected chi connectivity index (χ0v) is 41.4. The van der Waals surface area contributed by atoms with Crippen molar-refractivity contribution < 1.29 is 74.8 Å². The Hall–Kier alpha value is -4.57. The van der Waals surface area contributed by atoms with Gasteiger partial charge in [0.15, 0.2) is 0 Å². The molecule has 0 saturated heterocycles. The first-order valence-electron chi connectivity index (χ1n) is 20.4. The Labute approximate surface area is 389 Å². The van der Waals surface area contributed by atoms with E-state index in [-0.39, 0.29) is 53.1 Å². The molecule has 2 aliphatic heterocycles. The minimum absolute atomic E-state index is 0.0654. The van der Waals surface area contributed by atoms with Crippen molar-refractivity contribution in [1.82, 2.24) is 0 Å². The molecule has 0 amide bonds. The first kappa shape index (κ1) is 51.8. The average Bonchev–Trinajstić information content (AvgIpc) is 3.14. The minimum atomic E-state index is -5.15. The van der Waals surface area contributed by atoms with Crippen LogP contribution in [0, 0.1) is 0 Å². The summed E-state index contributed by atoms with van der Waals surface area (Å²) in [4.78, 5) is 18.2. The van der Waals surface area contributed by atoms with Gasteiger partial charge < -0.3 is 14.9 Å². The fourth-order valence-electron chi connectivity index (χ4n) is 9.08. The van der Waals surface area contributed by atoms with Crippen molar-refractivity contribution in [3.05, 3.63) is 93.6 Å². The van der Waals surface area contributed by atoms with Gasteiger partial charge >= 0.3 is 5.97 Å². The molecule has 6 N–H and O–H groups in total. The number of nitrogens with zero attached hydrogens (tertiary/aromatic N) is 3. The number of carboxylic acids is 1. The van der Waals surface area contributed by atoms with Crippen LogP contribution in [0.2, 0.25) is 0 Å². The molecule has 6 rings (SSSR count). The van der Waals surface area contributed by atoms with E-state index in [2.05, 4.69) is 0 Å². The summed E-state index contributed by atoms with van der Waals surface area (Å²) >= 11 is 0. The highest BCUT2D eigenvalue weighted by Gasteiger charge is 2.43. The van der Waals surface area contributed by atoms with Crippen LogP contribution in [0.4, 0.5) is 11.4 Å². The standard InChI is InChI=1S/C42H51N3O17S5/c1-24(65(54,55)56)20-43-39-31-14-29-26(22-63(48,49)50)18-40(2,3)44(12-8-9-38(46)47)35(29)16-33(31)42(6,7)34-17-36-30(15-32(34)39)27(23-64(51,52)53)19-41(4,5)45(36)21-25-10-11-28(66(57,58)59)13-37(25)67(60,61)62/h10-11,13-19,24H,8-9,12,20-23H2,1-7H3,(H,46,47)(H,48,49,50)(H,51,52,53)(H,54,55,56)(H,57,58,59)(H,60,61,62). The quantitative estimate of drug-likeness (QED) is 0.112. The molecule has 2 heterocycles. The highest BCUT2D eigenvalue weighted by molar-refractivity contribution is 7.87. The molecule has 1 aliphatic carbocycles. The highest BCUT2D eigenvalue weighted by atomic mass is 32.2. The monoisotopic (exact) mass is 1030 g/mol. The van der Waals surface area contributed by atoms with Crippen LogP contribution in [-0.4, -0.2) is 123 Å². The van der Waals surface area contributed by atoms with Gasteiger partial charge in [-0.2, -0.15) is 42.1 Å². The second-order valence-electron chi connectivity index (χ2n) is 18.5. The SMILES string of the molecule is CC(CN=C1c2cc3c(cc2C(C)(C)c2cc4c(cc21)C(CS(=O)(=O)O)=CC(C)(C)N4Cc1ccc(S(=O)(=O)O)cc1S(=O)(=O)O)N(CCCC(=O)O)C(C)(C)C=C3CS(=O)(=O)O)S(=O)(=O)O. The van der Waals surface area contributed by atoms with Crippen LogP contribution in [0.5, 0.6) is 0 Å². The van der Waals surface area contributed by atoms with Gasteiger partial charge in [-0.05, 0) is 105 Å². The average molecular weight is 1030 g/mol. The number of carboxylic acid groups (broad SMARTS) is 1. The fourth-order valence-corrected chi connectivity index (χ4v) is 11.9. The van der Waals surface area contributed by atoms with Gasteiger partial charge in [-0.3, -0.25) is 32.6 Å². The summed E-state index contributed by atoms with van der Waals surface area (Å²) in [6, 6.07) is 9.22. The molecule has 3 aromatic rings. The van der Waals surface area contributed by atoms with Gasteiger partial charge in [-0.15, -0.1) is 0 Å². The molecule has 0 saturated carbocycles. The Morgan fingerprint density at radius 3 is 1.57 bits per heavy atom. The molecule has 1 atom stereocenters. The lowest BCUT2D eigenvalue weighted by atomic mass is 9.66. The minimum Gasteiger partial charge on any atom is -0.481 e. The van der Waals surface area contributed by atoms with E-state index in [1.165, 1.54) is 13.0 Å². The maximum atomic E-state index is 12.7. The number of benzene rings is 3. The van der Waals surface area contributed by atoms with E-state index in [1.807, 2.05) is 18.7 Å². The number of anilines is 2. The molecule has 3 aliphatic rings. The summed E-state index contributed by atoms with van der Waals surface area (Å²) in [6.45, 7) is 11.0. The van der Waals surface area contributed by atoms with E-state index in [9.17, 15) is 74.8 Å². The Morgan fingerprint density at radius 2 is 1.13 bits per heavy atom. The zero-order chi connectivity index (χ0) is 50.4. The number of fused-ring (bicyclic) bond motifs is 4. The van der Waals surface area contributed by atoms with Crippen LogP contribution < -0.4 is 9.80 Å². The summed E-state index contributed by atoms with van der Waals surface area (Å²) in [5.41, 5.74) is -0.250. The lowest BCUT2D eigenvalue weighted by molar-refractivity contribution is -0.137. The van der Waals surface area contributed by atoms with Crippen molar-refractivity contribution in [3.63, 3.8) is 0 Å². The van der Waals surface area contributed by atoms with Gasteiger partial charge in [0.1, 0.15) is 21.7 Å². The highest BCUT2D eigenvalue weighted by Crippen LogP contribution is 2.51. The van der Waals surface area contributed by atoms with E-state index in [4.69, 9.17) is 4.99 Å². The largest absolute Gasteiger partial charge is 0.481 e. The molecular weight excluding hydrogens is 979 g/mol. The van der Waals surface area contributed by atoms with E-state index in [1.54, 1.807) is 62.9 Å². The first-order valence-corrected chi connectivity index (χ1v) is 28.0. The Kier molecular flexibility index (Phi) is 13.2. The van der Waals surface area contributed by atoms with E-state index in [0.29, 0.717) is 39.6 Å². The summed E-state index contributed by atoms with van der Waals surface area (Å²) in [7, 11) is -24.2. The van der Waals surface area contributed by atoms with Crippen molar-refractivity contribution in [3.8, 4) is 0 Å². The molecule has 25 heteroatoms. The number of hydrogen-bond acceptors (Lipinski definition) is 14. The van der Waals surface area contributed by atoms with Gasteiger partial charge in [-0.25, -0.2) is 0 Å². The topological polar surface area (TPSA) is 328 Å². The summed E-state index contributed by atoms with van der Waals surface area (Å²) in [5, 5.41) is 8.05. The molecule has 0 fully saturated rings. The van der Waals surface area contributed by atoms with Gasteiger partial charge in [0.05, 0.1) is 28.2 Å². The lowest BCUT2D eigenvalue weighted by Crippen LogP contribution is -2.47. The van der Waals surface area contributed by atoms with E-state index >= 15 is 0 Å². The molecule has 1 unspecified atom stereocenters. The maximum absolute atomic E-state index is 12.7. The zero-order valence-electron chi connectivity index (χ0n) is 37.3. The summed E-state index contributed by atoms with van der Waals surface area (Å²) < 4.78 is 175. The molecule has 20 nitrogen and oxygen atoms in total. The number of hydrogen-bond donors (Lipinski definition) is 6. The summed E-state index contributed by atoms with van der Waals surface area (Å²) in [6.07, 6.45) is 3.12. The summed E-state index contributed by atoms with van der Waals surface area (Å²) in [5.74, 6) is -2.79. The third-order valence-corrected chi connectivity index (χ3v) is 16.6. The number of rotatable bonds is 15. The van der Waals surface area contributed by atoms with Crippen LogP contribution >= 0.6 is 0 Å². The Balaban J connectivity index is 1.70. The van der Waals surface area contributed by atoms with Gasteiger partial charge in [0.25, 0.3) is 50.6 Å². The third-order valence-electron chi connectivity index (χ3n) is 12.3. The van der Waals surface area contributed by atoms with Crippen molar-refractivity contribution in [1.29, 1.82) is 0 Å². The second-order valence-corrected chi connectivity index (χ2v) is 26.1. The van der Waals surface area contributed by atoms with Crippen LogP contribution in [0.1, 0.15) is 100 Å². The predicted molar refractivity (Wildman–Crippen MR) is 250 cm³/mol. The van der Waals surface area contributed by atoms with Crippen molar-refractivity contribution in [2.45, 2.75) is 99.4 Å². The third kappa shape index (κ3) is 10.8. The van der Waals surface area contributed by atoms with Crippen LogP contribution in [0.3, 0.4) is 0 Å². The first-order chi connectivity index (χ1) is 30.3. The number of carbonyl (C=O) groups is 1. The van der Waals surface area contributed by atoms with Gasteiger partial charge in [0.2, 0.25) is 0 Å². The van der Waals surface area contributed by atoms with Crippen molar-refractivity contribution in [2.24, 2.45) is 4.99 Å². The van der Waals surface area contributed by atoms with E-state index in [0.717, 1.165) is 12.1 Å². The molecule has 366 valence electrons. The predicted octanol–water partition coefficient (Wildman–Crippen LogP) is 4.74. The Bertz CT molecular complexity index is 3280. The molecule has 0 spiro atoms. The number of aliphatic imine (C=N–C) groups is 1. The molecule has 0 aromatic heterocycles. The second kappa shape index (κ2) is 17.1. The molecule has 0 radical (unpaired) electrons. The number of aliphatic carboxylic acids is 1. The smallest absolute Gasteiger partial charge is 0.303 e. The van der Waals surface area contributed by atoms with Crippen molar-refractivity contribution in [2.75, 3.05) is 34.4 Å². The van der Waals surface area contributed by atoms with Gasteiger partial charge in [0, 0.05) is 58.6 Å². The fraction of sp³-hybridized carbons (Fsp3) is 0.429. The Morgan fingerprint density at radius 1 is 0.657 bits per heavy atom. The van der Waals surface area contributed by atoms with Gasteiger partial charge in [-0.1, -0.05) is 32.1 Å². The van der Waals surface area contributed by atoms with Crippen molar-refractivity contribution >= 4 is 84.8 Å². The van der Waals surface area contributed by atoms with Crippen LogP contribution in [0.25, 0.3) is 11.1 Å². The van der Waals surface area contributed by atoms with E-state index < -0.39 is 113 Å². The lowest BCUT2D eigenvalue weighted by Gasteiger charge is -2.47. The normalized spacial score (nSPS) is 18.8. The molecule has 3 aromatic carbocycles. The maximum Gasteiger partial charge on any atom is 0.303 e. The van der Waals surface area contributed by atoms with Crippen LogP contribution in [-0.2, 0) is 67.3 Å². The van der Waals surface area contributed by atoms with Crippen LogP contribution in [0.15, 0.2) is 69.4 Å². The molecular formula is C42H51N3O17S5. The molecule has 0 bridgehead atoms. The molecule has 67 heavy (non-hydrogen) atoms.